The number of aromatic nitrogens is 1. The van der Waals surface area contributed by atoms with Crippen molar-refractivity contribution >= 4 is 16.8 Å². The lowest BCUT2D eigenvalue weighted by atomic mass is 10.1. The lowest BCUT2D eigenvalue weighted by Gasteiger charge is -2.20. The van der Waals surface area contributed by atoms with Gasteiger partial charge in [-0.3, -0.25) is 4.79 Å². The molecule has 0 spiro atoms. The first kappa shape index (κ1) is 12.5. The molecule has 4 nitrogen and oxygen atoms in total. The number of hydrogen-bond acceptors (Lipinski definition) is 2. The first-order valence-electron chi connectivity index (χ1n) is 5.95. The fourth-order valence-electron chi connectivity index (χ4n) is 1.72. The van der Waals surface area contributed by atoms with E-state index in [2.05, 4.69) is 10.3 Å². The van der Waals surface area contributed by atoms with E-state index in [1.165, 1.54) is 0 Å². The zero-order valence-corrected chi connectivity index (χ0v) is 10.9. The van der Waals surface area contributed by atoms with E-state index in [9.17, 15) is 4.79 Å². The number of hydrogen-bond donors (Lipinski definition) is 2. The van der Waals surface area contributed by atoms with E-state index in [1.807, 2.05) is 51.2 Å². The van der Waals surface area contributed by atoms with E-state index in [0.717, 1.165) is 10.9 Å². The number of benzene rings is 1. The lowest BCUT2D eigenvalue weighted by molar-refractivity contribution is -0.124. The Hall–Kier alpha value is -1.97. The number of nitrogens with one attached hydrogen (secondary N) is 2. The second kappa shape index (κ2) is 4.72. The molecule has 96 valence electrons. The highest BCUT2D eigenvalue weighted by Crippen LogP contribution is 2.19. The molecule has 0 saturated carbocycles. The molecular formula is C14H18N2O2. The van der Waals surface area contributed by atoms with Crippen molar-refractivity contribution < 1.29 is 9.53 Å². The third-order valence-electron chi connectivity index (χ3n) is 2.41. The molecule has 1 heterocycles. The average Bonchev–Trinajstić information content (AvgIpc) is 2.71. The first-order chi connectivity index (χ1) is 8.44. The van der Waals surface area contributed by atoms with Crippen molar-refractivity contribution in [2.45, 2.75) is 26.3 Å². The number of carbonyl (C=O) groups excluding carboxylic acids is 1. The van der Waals surface area contributed by atoms with Gasteiger partial charge in [-0.1, -0.05) is 0 Å². The zero-order valence-electron chi connectivity index (χ0n) is 10.9. The number of aromatic amines is 1. The Morgan fingerprint density at radius 3 is 2.83 bits per heavy atom. The van der Waals surface area contributed by atoms with Crippen molar-refractivity contribution in [2.75, 3.05) is 6.61 Å². The minimum Gasteiger partial charge on any atom is -0.484 e. The summed E-state index contributed by atoms with van der Waals surface area (Å²) in [7, 11) is 0. The summed E-state index contributed by atoms with van der Waals surface area (Å²) in [6, 6.07) is 7.67. The normalized spacial score (nSPS) is 11.5. The van der Waals surface area contributed by atoms with Gasteiger partial charge in [0.1, 0.15) is 5.75 Å². The Labute approximate surface area is 106 Å². The van der Waals surface area contributed by atoms with Crippen molar-refractivity contribution in [1.29, 1.82) is 0 Å². The molecule has 2 rings (SSSR count). The number of H-pyrrole nitrogens is 1. The van der Waals surface area contributed by atoms with Crippen molar-refractivity contribution in [1.82, 2.24) is 10.3 Å². The summed E-state index contributed by atoms with van der Waals surface area (Å²) in [4.78, 5) is 14.7. The molecule has 18 heavy (non-hydrogen) atoms. The topological polar surface area (TPSA) is 54.1 Å². The van der Waals surface area contributed by atoms with Gasteiger partial charge >= 0.3 is 0 Å². The molecule has 0 fully saturated rings. The minimum absolute atomic E-state index is 0.0349. The quantitative estimate of drug-likeness (QED) is 0.874. The monoisotopic (exact) mass is 246 g/mol. The van der Waals surface area contributed by atoms with Crippen molar-refractivity contribution in [3.8, 4) is 5.75 Å². The molecule has 0 unspecified atom stereocenters. The van der Waals surface area contributed by atoms with Crippen LogP contribution in [0.5, 0.6) is 5.75 Å². The third kappa shape index (κ3) is 3.26. The summed E-state index contributed by atoms with van der Waals surface area (Å²) in [5, 5.41) is 3.92. The maximum atomic E-state index is 11.6. The van der Waals surface area contributed by atoms with Gasteiger partial charge in [-0.25, -0.2) is 0 Å². The van der Waals surface area contributed by atoms with E-state index in [4.69, 9.17) is 4.74 Å². The van der Waals surface area contributed by atoms with Crippen LogP contribution in [0.2, 0.25) is 0 Å². The van der Waals surface area contributed by atoms with Gasteiger partial charge in [-0.15, -0.1) is 0 Å². The molecule has 4 heteroatoms. The van der Waals surface area contributed by atoms with E-state index in [1.54, 1.807) is 0 Å². The Bertz CT molecular complexity index is 552. The van der Waals surface area contributed by atoms with Gasteiger partial charge in [-0.2, -0.15) is 0 Å². The summed E-state index contributed by atoms with van der Waals surface area (Å²) in [6.45, 7) is 5.86. The summed E-state index contributed by atoms with van der Waals surface area (Å²) < 4.78 is 5.47. The minimum atomic E-state index is -0.231. The van der Waals surface area contributed by atoms with E-state index in [-0.39, 0.29) is 18.1 Å². The van der Waals surface area contributed by atoms with Crippen LogP contribution in [0, 0.1) is 0 Å². The Kier molecular flexibility index (Phi) is 3.28. The molecule has 0 aliphatic carbocycles. The predicted molar refractivity (Wildman–Crippen MR) is 71.7 cm³/mol. The molecule has 1 amide bonds. The van der Waals surface area contributed by atoms with Crippen LogP contribution in [0.25, 0.3) is 10.9 Å². The Balaban J connectivity index is 1.95. The number of carbonyl (C=O) groups is 1. The number of ether oxygens (including phenoxy) is 1. The summed E-state index contributed by atoms with van der Waals surface area (Å²) in [6.07, 6.45) is 1.88. The fraction of sp³-hybridized carbons (Fsp3) is 0.357. The van der Waals surface area contributed by atoms with Gasteiger partial charge in [0.2, 0.25) is 0 Å². The van der Waals surface area contributed by atoms with Crippen LogP contribution in [0.15, 0.2) is 30.5 Å². The smallest absolute Gasteiger partial charge is 0.258 e. The van der Waals surface area contributed by atoms with Crippen molar-refractivity contribution in [2.24, 2.45) is 0 Å². The van der Waals surface area contributed by atoms with E-state index in [0.29, 0.717) is 5.75 Å². The molecule has 0 atom stereocenters. The largest absolute Gasteiger partial charge is 0.484 e. The number of amides is 1. The number of rotatable bonds is 3. The van der Waals surface area contributed by atoms with Crippen LogP contribution in [0.1, 0.15) is 20.8 Å². The summed E-state index contributed by atoms with van der Waals surface area (Å²) in [5.74, 6) is 0.586. The molecule has 0 aliphatic heterocycles. The van der Waals surface area contributed by atoms with Crippen LogP contribution in [-0.2, 0) is 4.79 Å². The molecule has 0 radical (unpaired) electrons. The Morgan fingerprint density at radius 2 is 2.11 bits per heavy atom. The lowest BCUT2D eigenvalue weighted by Crippen LogP contribution is -2.43. The molecule has 1 aromatic heterocycles. The maximum Gasteiger partial charge on any atom is 0.258 e. The molecule has 0 saturated heterocycles. The highest BCUT2D eigenvalue weighted by molar-refractivity contribution is 5.81. The third-order valence-corrected chi connectivity index (χ3v) is 2.41. The highest BCUT2D eigenvalue weighted by Gasteiger charge is 2.13. The van der Waals surface area contributed by atoms with Gasteiger partial charge in [-0.05, 0) is 45.0 Å². The number of fused-ring (bicyclic) bond motifs is 1. The summed E-state index contributed by atoms with van der Waals surface area (Å²) in [5.41, 5.74) is 0.826. The van der Waals surface area contributed by atoms with Gasteiger partial charge in [0, 0.05) is 22.6 Å². The average molecular weight is 246 g/mol. The summed E-state index contributed by atoms with van der Waals surface area (Å²) >= 11 is 0. The zero-order chi connectivity index (χ0) is 13.2. The van der Waals surface area contributed by atoms with Crippen LogP contribution >= 0.6 is 0 Å². The van der Waals surface area contributed by atoms with E-state index >= 15 is 0 Å². The first-order valence-corrected chi connectivity index (χ1v) is 5.95. The molecule has 2 aromatic rings. The second-order valence-corrected chi connectivity index (χ2v) is 5.31. The predicted octanol–water partition coefficient (Wildman–Crippen LogP) is 2.46. The van der Waals surface area contributed by atoms with Gasteiger partial charge < -0.3 is 15.0 Å². The van der Waals surface area contributed by atoms with E-state index < -0.39 is 0 Å². The Morgan fingerprint density at radius 1 is 1.33 bits per heavy atom. The van der Waals surface area contributed by atoms with Crippen LogP contribution in [-0.4, -0.2) is 23.0 Å². The van der Waals surface area contributed by atoms with Gasteiger partial charge in [0.15, 0.2) is 6.61 Å². The molecular weight excluding hydrogens is 228 g/mol. The van der Waals surface area contributed by atoms with Crippen molar-refractivity contribution in [3.05, 3.63) is 30.5 Å². The van der Waals surface area contributed by atoms with Gasteiger partial charge in [0.25, 0.3) is 5.91 Å². The second-order valence-electron chi connectivity index (χ2n) is 5.31. The van der Waals surface area contributed by atoms with Crippen molar-refractivity contribution in [3.63, 3.8) is 0 Å². The van der Waals surface area contributed by atoms with Crippen LogP contribution in [0.3, 0.4) is 0 Å². The molecule has 1 aromatic carbocycles. The van der Waals surface area contributed by atoms with Gasteiger partial charge in [0.05, 0.1) is 0 Å². The molecule has 0 bridgehead atoms. The fourth-order valence-corrected chi connectivity index (χ4v) is 1.72. The van der Waals surface area contributed by atoms with Crippen LogP contribution < -0.4 is 10.1 Å². The molecule has 2 N–H and O–H groups in total. The molecule has 0 aliphatic rings. The maximum absolute atomic E-state index is 11.6. The standard InChI is InChI=1S/C14H18N2O2/c1-14(2,3)16-13(17)9-18-11-4-5-12-10(8-11)6-7-15-12/h4-8,15H,9H2,1-3H3,(H,16,17). The highest BCUT2D eigenvalue weighted by atomic mass is 16.5. The van der Waals surface area contributed by atoms with Crippen LogP contribution in [0.4, 0.5) is 0 Å². The SMILES string of the molecule is CC(C)(C)NC(=O)COc1ccc2[nH]ccc2c1.